The predicted octanol–water partition coefficient (Wildman–Crippen LogP) is 3.95. The Kier molecular flexibility index (Phi) is 3.46. The standard InChI is InChI=1S/C14H12ClFO/c1-9-2-3-10(6-11(9)8-17)13-7-12(16)4-5-14(13)15/h2-7,17H,8H2,1H3. The summed E-state index contributed by atoms with van der Waals surface area (Å²) in [6.45, 7) is 1.88. The Morgan fingerprint density at radius 1 is 1.18 bits per heavy atom. The summed E-state index contributed by atoms with van der Waals surface area (Å²) >= 11 is 6.04. The van der Waals surface area contributed by atoms with Crippen LogP contribution in [-0.4, -0.2) is 5.11 Å². The molecule has 2 aromatic carbocycles. The maximum absolute atomic E-state index is 13.2. The highest BCUT2D eigenvalue weighted by Gasteiger charge is 2.07. The van der Waals surface area contributed by atoms with Crippen LogP contribution in [0.2, 0.25) is 5.02 Å². The van der Waals surface area contributed by atoms with E-state index in [2.05, 4.69) is 0 Å². The number of hydrogen-bond donors (Lipinski definition) is 1. The average molecular weight is 251 g/mol. The molecule has 0 bridgehead atoms. The second-order valence-electron chi connectivity index (χ2n) is 3.92. The van der Waals surface area contributed by atoms with Crippen LogP contribution < -0.4 is 0 Å². The molecule has 3 heteroatoms. The van der Waals surface area contributed by atoms with Crippen LogP contribution >= 0.6 is 11.6 Å². The third kappa shape index (κ3) is 2.48. The van der Waals surface area contributed by atoms with Gasteiger partial charge in [-0.2, -0.15) is 0 Å². The van der Waals surface area contributed by atoms with Crippen molar-refractivity contribution in [3.63, 3.8) is 0 Å². The number of rotatable bonds is 2. The van der Waals surface area contributed by atoms with Gasteiger partial charge in [-0.25, -0.2) is 4.39 Å². The van der Waals surface area contributed by atoms with Gasteiger partial charge in [-0.3, -0.25) is 0 Å². The molecular weight excluding hydrogens is 239 g/mol. The molecule has 1 nitrogen and oxygen atoms in total. The fourth-order valence-corrected chi connectivity index (χ4v) is 1.95. The van der Waals surface area contributed by atoms with Crippen molar-refractivity contribution >= 4 is 11.6 Å². The molecule has 0 saturated heterocycles. The number of aliphatic hydroxyl groups excluding tert-OH is 1. The highest BCUT2D eigenvalue weighted by molar-refractivity contribution is 6.33. The van der Waals surface area contributed by atoms with E-state index in [0.717, 1.165) is 16.7 Å². The van der Waals surface area contributed by atoms with Gasteiger partial charge in [0.15, 0.2) is 0 Å². The molecule has 88 valence electrons. The minimum atomic E-state index is -0.324. The lowest BCUT2D eigenvalue weighted by Crippen LogP contribution is -1.90. The van der Waals surface area contributed by atoms with Crippen molar-refractivity contribution in [3.05, 3.63) is 58.4 Å². The monoisotopic (exact) mass is 250 g/mol. The summed E-state index contributed by atoms with van der Waals surface area (Å²) in [5, 5.41) is 9.71. The molecule has 0 amide bonds. The first kappa shape index (κ1) is 12.1. The van der Waals surface area contributed by atoms with Gasteiger partial charge in [0.2, 0.25) is 0 Å². The minimum absolute atomic E-state index is 0.0351. The lowest BCUT2D eigenvalue weighted by molar-refractivity contribution is 0.281. The van der Waals surface area contributed by atoms with Crippen molar-refractivity contribution in [1.29, 1.82) is 0 Å². The zero-order valence-corrected chi connectivity index (χ0v) is 10.1. The Hall–Kier alpha value is -1.38. The highest BCUT2D eigenvalue weighted by Crippen LogP contribution is 2.29. The van der Waals surface area contributed by atoms with Crippen molar-refractivity contribution in [3.8, 4) is 11.1 Å². The van der Waals surface area contributed by atoms with Crippen LogP contribution in [0.5, 0.6) is 0 Å². The van der Waals surface area contributed by atoms with Crippen LogP contribution in [0, 0.1) is 12.7 Å². The van der Waals surface area contributed by atoms with Gasteiger partial charge in [0.05, 0.1) is 6.61 Å². The second-order valence-corrected chi connectivity index (χ2v) is 4.33. The van der Waals surface area contributed by atoms with E-state index in [1.165, 1.54) is 18.2 Å². The van der Waals surface area contributed by atoms with Gasteiger partial charge < -0.3 is 5.11 Å². The van der Waals surface area contributed by atoms with E-state index >= 15 is 0 Å². The molecule has 2 aromatic rings. The van der Waals surface area contributed by atoms with E-state index in [1.807, 2.05) is 25.1 Å². The fraction of sp³-hybridized carbons (Fsp3) is 0.143. The first-order valence-corrected chi connectivity index (χ1v) is 5.65. The maximum Gasteiger partial charge on any atom is 0.123 e. The molecule has 0 spiro atoms. The van der Waals surface area contributed by atoms with E-state index in [0.29, 0.717) is 10.6 Å². The Labute approximate surface area is 104 Å². The van der Waals surface area contributed by atoms with E-state index < -0.39 is 0 Å². The van der Waals surface area contributed by atoms with Crippen molar-refractivity contribution in [2.45, 2.75) is 13.5 Å². The number of benzene rings is 2. The van der Waals surface area contributed by atoms with Gasteiger partial charge in [0.25, 0.3) is 0 Å². The van der Waals surface area contributed by atoms with Gasteiger partial charge in [-0.1, -0.05) is 23.7 Å². The van der Waals surface area contributed by atoms with Crippen molar-refractivity contribution in [2.24, 2.45) is 0 Å². The second kappa shape index (κ2) is 4.86. The molecule has 0 fully saturated rings. The van der Waals surface area contributed by atoms with Crippen LogP contribution in [-0.2, 0) is 6.61 Å². The van der Waals surface area contributed by atoms with Crippen molar-refractivity contribution in [2.75, 3.05) is 0 Å². The molecule has 0 atom stereocenters. The molecule has 0 radical (unpaired) electrons. The molecular formula is C14H12ClFO. The summed E-state index contributed by atoms with van der Waals surface area (Å²) < 4.78 is 13.2. The van der Waals surface area contributed by atoms with Crippen LogP contribution in [0.4, 0.5) is 4.39 Å². The van der Waals surface area contributed by atoms with E-state index in [9.17, 15) is 9.50 Å². The van der Waals surface area contributed by atoms with Gasteiger partial charge in [-0.05, 0) is 47.9 Å². The van der Waals surface area contributed by atoms with Gasteiger partial charge in [0, 0.05) is 10.6 Å². The Bertz CT molecular complexity index is 552. The van der Waals surface area contributed by atoms with Crippen LogP contribution in [0.15, 0.2) is 36.4 Å². The van der Waals surface area contributed by atoms with Crippen LogP contribution in [0.3, 0.4) is 0 Å². The summed E-state index contributed by atoms with van der Waals surface area (Å²) in [6.07, 6.45) is 0. The molecule has 0 heterocycles. The van der Waals surface area contributed by atoms with Crippen LogP contribution in [0.25, 0.3) is 11.1 Å². The number of halogens is 2. The Morgan fingerprint density at radius 3 is 2.65 bits per heavy atom. The third-order valence-electron chi connectivity index (χ3n) is 2.76. The molecule has 1 N–H and O–H groups in total. The average Bonchev–Trinajstić information content (AvgIpc) is 2.33. The summed E-state index contributed by atoms with van der Waals surface area (Å²) in [4.78, 5) is 0. The topological polar surface area (TPSA) is 20.2 Å². The number of aliphatic hydroxyl groups is 1. The lowest BCUT2D eigenvalue weighted by atomic mass is 10.00. The molecule has 0 aliphatic carbocycles. The highest BCUT2D eigenvalue weighted by atomic mass is 35.5. The van der Waals surface area contributed by atoms with Gasteiger partial charge >= 0.3 is 0 Å². The molecule has 0 aliphatic heterocycles. The quantitative estimate of drug-likeness (QED) is 0.856. The SMILES string of the molecule is Cc1ccc(-c2cc(F)ccc2Cl)cc1CO. The van der Waals surface area contributed by atoms with E-state index in [-0.39, 0.29) is 12.4 Å². The maximum atomic E-state index is 13.2. The lowest BCUT2D eigenvalue weighted by Gasteiger charge is -2.08. The summed E-state index contributed by atoms with van der Waals surface area (Å²) in [6, 6.07) is 9.85. The molecule has 0 aromatic heterocycles. The molecule has 0 saturated carbocycles. The molecule has 2 rings (SSSR count). The third-order valence-corrected chi connectivity index (χ3v) is 3.09. The smallest absolute Gasteiger partial charge is 0.123 e. The predicted molar refractivity (Wildman–Crippen MR) is 67.5 cm³/mol. The summed E-state index contributed by atoms with van der Waals surface area (Å²) in [7, 11) is 0. The van der Waals surface area contributed by atoms with Gasteiger partial charge in [0.1, 0.15) is 5.82 Å². The van der Waals surface area contributed by atoms with E-state index in [1.54, 1.807) is 0 Å². The molecule has 0 unspecified atom stereocenters. The normalized spacial score (nSPS) is 10.6. The molecule has 0 aliphatic rings. The Balaban J connectivity index is 2.56. The Morgan fingerprint density at radius 2 is 1.94 bits per heavy atom. The first-order chi connectivity index (χ1) is 8.11. The van der Waals surface area contributed by atoms with Gasteiger partial charge in [-0.15, -0.1) is 0 Å². The summed E-state index contributed by atoms with van der Waals surface area (Å²) in [5.41, 5.74) is 3.28. The van der Waals surface area contributed by atoms with Crippen molar-refractivity contribution in [1.82, 2.24) is 0 Å². The summed E-state index contributed by atoms with van der Waals surface area (Å²) in [5.74, 6) is -0.324. The van der Waals surface area contributed by atoms with Crippen LogP contribution in [0.1, 0.15) is 11.1 Å². The minimum Gasteiger partial charge on any atom is -0.392 e. The number of aryl methyl sites for hydroxylation is 1. The van der Waals surface area contributed by atoms with E-state index in [4.69, 9.17) is 11.6 Å². The fourth-order valence-electron chi connectivity index (χ4n) is 1.73. The molecule has 17 heavy (non-hydrogen) atoms. The zero-order chi connectivity index (χ0) is 12.4. The number of hydrogen-bond acceptors (Lipinski definition) is 1. The first-order valence-electron chi connectivity index (χ1n) is 5.27. The van der Waals surface area contributed by atoms with Crippen molar-refractivity contribution < 1.29 is 9.50 Å². The zero-order valence-electron chi connectivity index (χ0n) is 9.37. The largest absolute Gasteiger partial charge is 0.392 e.